The second-order valence-electron chi connectivity index (χ2n) is 4.15. The van der Waals surface area contributed by atoms with Crippen LogP contribution in [0.4, 0.5) is 18.9 Å². The Balaban J connectivity index is 1.77. The largest absolute Gasteiger partial charge is 0.493 e. The lowest BCUT2D eigenvalue weighted by Crippen LogP contribution is -2.05. The number of pyridine rings is 1. The highest BCUT2D eigenvalue weighted by Crippen LogP contribution is 2.29. The molecule has 21 heavy (non-hydrogen) atoms. The molecule has 0 amide bonds. The summed E-state index contributed by atoms with van der Waals surface area (Å²) in [5.74, 6) is 1.29. The fourth-order valence-electron chi connectivity index (χ4n) is 1.50. The minimum Gasteiger partial charge on any atom is -0.493 e. The van der Waals surface area contributed by atoms with Crippen LogP contribution in [0.25, 0.3) is 0 Å². The fraction of sp³-hybridized carbons (Fsp3) is 0.214. The molecule has 0 saturated heterocycles. The minimum atomic E-state index is -4.35. The maximum absolute atomic E-state index is 12.4. The first kappa shape index (κ1) is 15.5. The molecular weight excluding hydrogens is 301 g/mol. The van der Waals surface area contributed by atoms with Crippen molar-refractivity contribution in [1.29, 1.82) is 0 Å². The molecule has 3 nitrogen and oxygen atoms in total. The van der Waals surface area contributed by atoms with Crippen molar-refractivity contribution in [3.8, 4) is 5.75 Å². The van der Waals surface area contributed by atoms with E-state index in [1.165, 1.54) is 17.8 Å². The van der Waals surface area contributed by atoms with Crippen LogP contribution in [0.15, 0.2) is 47.6 Å². The summed E-state index contributed by atoms with van der Waals surface area (Å²) in [5, 5.41) is 0.531. The van der Waals surface area contributed by atoms with Gasteiger partial charge >= 0.3 is 6.18 Å². The Kier molecular flexibility index (Phi) is 4.95. The van der Waals surface area contributed by atoms with Crippen LogP contribution in [-0.4, -0.2) is 17.3 Å². The van der Waals surface area contributed by atoms with Crippen molar-refractivity contribution in [1.82, 2.24) is 4.98 Å². The summed E-state index contributed by atoms with van der Waals surface area (Å²) in [7, 11) is 0. The summed E-state index contributed by atoms with van der Waals surface area (Å²) < 4.78 is 42.6. The molecule has 0 saturated carbocycles. The molecule has 1 aromatic carbocycles. The quantitative estimate of drug-likeness (QED) is 0.517. The molecule has 1 heterocycles. The summed E-state index contributed by atoms with van der Waals surface area (Å²) in [6, 6.07) is 9.37. The van der Waals surface area contributed by atoms with E-state index in [-0.39, 0.29) is 0 Å². The molecule has 0 bridgehead atoms. The van der Waals surface area contributed by atoms with Crippen LogP contribution in [0, 0.1) is 0 Å². The number of nitrogens with zero attached hydrogens (tertiary/aromatic N) is 1. The summed E-state index contributed by atoms with van der Waals surface area (Å²) in [6.07, 6.45) is -3.52. The Hall–Kier alpha value is -1.89. The molecule has 112 valence electrons. The van der Waals surface area contributed by atoms with Crippen LogP contribution in [0.5, 0.6) is 5.75 Å². The maximum Gasteiger partial charge on any atom is 0.417 e. The predicted octanol–water partition coefficient (Wildman–Crippen LogP) is 3.85. The first-order chi connectivity index (χ1) is 9.95. The molecule has 0 radical (unpaired) electrons. The number of nitrogens with two attached hydrogens (primary N) is 1. The molecule has 7 heteroatoms. The zero-order chi connectivity index (χ0) is 15.3. The molecule has 0 atom stereocenters. The van der Waals surface area contributed by atoms with Crippen molar-refractivity contribution >= 4 is 17.4 Å². The van der Waals surface area contributed by atoms with E-state index >= 15 is 0 Å². The second-order valence-corrected chi connectivity index (χ2v) is 5.26. The van der Waals surface area contributed by atoms with Crippen LogP contribution in [-0.2, 0) is 6.18 Å². The summed E-state index contributed by atoms with van der Waals surface area (Å²) in [6.45, 7) is 0.428. The lowest BCUT2D eigenvalue weighted by atomic mass is 10.3. The lowest BCUT2D eigenvalue weighted by molar-refractivity contribution is -0.137. The molecule has 2 aromatic rings. The first-order valence-electron chi connectivity index (χ1n) is 6.09. The summed E-state index contributed by atoms with van der Waals surface area (Å²) in [5.41, 5.74) is 5.46. The van der Waals surface area contributed by atoms with E-state index in [4.69, 9.17) is 10.5 Å². The van der Waals surface area contributed by atoms with Gasteiger partial charge in [0.25, 0.3) is 0 Å². The number of rotatable bonds is 5. The predicted molar refractivity (Wildman–Crippen MR) is 76.3 cm³/mol. The van der Waals surface area contributed by atoms with E-state index in [9.17, 15) is 13.2 Å². The number of alkyl halides is 3. The Labute approximate surface area is 124 Å². The van der Waals surface area contributed by atoms with Gasteiger partial charge in [-0.2, -0.15) is 13.2 Å². The first-order valence-corrected chi connectivity index (χ1v) is 7.08. The van der Waals surface area contributed by atoms with Gasteiger partial charge in [-0.1, -0.05) is 0 Å². The highest BCUT2D eigenvalue weighted by molar-refractivity contribution is 7.99. The van der Waals surface area contributed by atoms with Crippen molar-refractivity contribution in [3.05, 3.63) is 48.2 Å². The average molecular weight is 314 g/mol. The average Bonchev–Trinajstić information content (AvgIpc) is 2.45. The number of hydrogen-bond donors (Lipinski definition) is 1. The van der Waals surface area contributed by atoms with Gasteiger partial charge in [-0.3, -0.25) is 0 Å². The highest BCUT2D eigenvalue weighted by Gasteiger charge is 2.30. The maximum atomic E-state index is 12.4. The van der Waals surface area contributed by atoms with Crippen LogP contribution < -0.4 is 10.5 Å². The summed E-state index contributed by atoms with van der Waals surface area (Å²) >= 11 is 1.33. The number of anilines is 1. The van der Waals surface area contributed by atoms with Gasteiger partial charge in [0.1, 0.15) is 5.75 Å². The van der Waals surface area contributed by atoms with Gasteiger partial charge in [-0.05, 0) is 36.4 Å². The molecule has 1 aromatic heterocycles. The molecular formula is C14H13F3N2OS. The van der Waals surface area contributed by atoms with Crippen LogP contribution in [0.1, 0.15) is 5.56 Å². The molecule has 0 aliphatic carbocycles. The van der Waals surface area contributed by atoms with Gasteiger partial charge in [0.15, 0.2) is 0 Å². The van der Waals surface area contributed by atoms with E-state index in [1.54, 1.807) is 24.3 Å². The van der Waals surface area contributed by atoms with E-state index < -0.39 is 11.7 Å². The number of hydrogen-bond acceptors (Lipinski definition) is 4. The monoisotopic (exact) mass is 314 g/mol. The standard InChI is InChI=1S/C14H13F3N2OS/c15-14(16,17)10-1-6-13(19-9-10)21-8-7-20-12-4-2-11(18)3-5-12/h1-6,9H,7-8,18H2. The van der Waals surface area contributed by atoms with Crippen LogP contribution in [0.3, 0.4) is 0 Å². The lowest BCUT2D eigenvalue weighted by Gasteiger charge is -2.07. The van der Waals surface area contributed by atoms with E-state index in [0.29, 0.717) is 28.8 Å². The number of halogens is 3. The molecule has 2 N–H and O–H groups in total. The van der Waals surface area contributed by atoms with Crippen molar-refractivity contribution in [2.24, 2.45) is 0 Å². The number of nitrogen functional groups attached to an aromatic ring is 1. The summed E-state index contributed by atoms with van der Waals surface area (Å²) in [4.78, 5) is 3.77. The van der Waals surface area contributed by atoms with E-state index in [0.717, 1.165) is 12.3 Å². The number of ether oxygens (including phenoxy) is 1. The Bertz CT molecular complexity index is 570. The molecule has 0 spiro atoms. The molecule has 2 rings (SSSR count). The zero-order valence-corrected chi connectivity index (χ0v) is 11.7. The Morgan fingerprint density at radius 2 is 1.81 bits per heavy atom. The fourth-order valence-corrected chi connectivity index (χ4v) is 2.17. The van der Waals surface area contributed by atoms with Crippen molar-refractivity contribution < 1.29 is 17.9 Å². The third kappa shape index (κ3) is 4.86. The van der Waals surface area contributed by atoms with Gasteiger partial charge in [0, 0.05) is 17.6 Å². The number of aromatic nitrogens is 1. The minimum absolute atomic E-state index is 0.428. The number of benzene rings is 1. The van der Waals surface area contributed by atoms with E-state index in [2.05, 4.69) is 4.98 Å². The van der Waals surface area contributed by atoms with Gasteiger partial charge in [-0.25, -0.2) is 4.98 Å². The van der Waals surface area contributed by atoms with Crippen LogP contribution in [0.2, 0.25) is 0 Å². The third-order valence-electron chi connectivity index (χ3n) is 2.55. The normalized spacial score (nSPS) is 11.4. The molecule has 0 aliphatic rings. The van der Waals surface area contributed by atoms with Crippen molar-refractivity contribution in [3.63, 3.8) is 0 Å². The second kappa shape index (κ2) is 6.71. The number of thioether (sulfide) groups is 1. The van der Waals surface area contributed by atoms with Crippen LogP contribution >= 0.6 is 11.8 Å². The van der Waals surface area contributed by atoms with Crippen molar-refractivity contribution in [2.75, 3.05) is 18.1 Å². The molecule has 0 unspecified atom stereocenters. The topological polar surface area (TPSA) is 48.1 Å². The molecule has 0 aliphatic heterocycles. The Morgan fingerprint density at radius 1 is 1.10 bits per heavy atom. The molecule has 0 fully saturated rings. The van der Waals surface area contributed by atoms with Gasteiger partial charge in [-0.15, -0.1) is 11.8 Å². The van der Waals surface area contributed by atoms with Gasteiger partial charge < -0.3 is 10.5 Å². The highest BCUT2D eigenvalue weighted by atomic mass is 32.2. The Morgan fingerprint density at radius 3 is 2.38 bits per heavy atom. The zero-order valence-electron chi connectivity index (χ0n) is 10.9. The third-order valence-corrected chi connectivity index (χ3v) is 3.45. The SMILES string of the molecule is Nc1ccc(OCCSc2ccc(C(F)(F)F)cn2)cc1. The van der Waals surface area contributed by atoms with Gasteiger partial charge in [0.05, 0.1) is 17.2 Å². The van der Waals surface area contributed by atoms with E-state index in [1.807, 2.05) is 0 Å². The van der Waals surface area contributed by atoms with Gasteiger partial charge in [0.2, 0.25) is 0 Å². The van der Waals surface area contributed by atoms with Crippen molar-refractivity contribution in [2.45, 2.75) is 11.2 Å². The smallest absolute Gasteiger partial charge is 0.417 e.